The lowest BCUT2D eigenvalue weighted by atomic mass is 10.1. The Morgan fingerprint density at radius 3 is 1.97 bits per heavy atom. The monoisotopic (exact) mass is 508 g/mol. The normalized spacial score (nSPS) is 19.0. The molecule has 4 rings (SSSR count). The van der Waals surface area contributed by atoms with E-state index in [0.717, 1.165) is 24.4 Å². The number of hydrogen-bond donors (Lipinski definition) is 0. The molecule has 2 fully saturated rings. The highest BCUT2D eigenvalue weighted by Crippen LogP contribution is 2.19. The molecule has 0 N–H and O–H groups in total. The van der Waals surface area contributed by atoms with Gasteiger partial charge in [0, 0.05) is 50.6 Å². The minimum Gasteiger partial charge on any atom is -0.326 e. The number of pyridine rings is 2. The Morgan fingerprint density at radius 1 is 0.703 bits per heavy atom. The van der Waals surface area contributed by atoms with Crippen molar-refractivity contribution in [3.8, 4) is 0 Å². The van der Waals surface area contributed by atoms with Crippen molar-refractivity contribution < 1.29 is 13.5 Å². The lowest BCUT2D eigenvalue weighted by Gasteiger charge is -2.29. The van der Waals surface area contributed by atoms with Crippen molar-refractivity contribution in [2.45, 2.75) is 90.1 Å². The Bertz CT molecular complexity index is 998. The molecule has 5 heteroatoms. The third-order valence-corrected chi connectivity index (χ3v) is 9.05. The number of aromatic nitrogens is 2. The van der Waals surface area contributed by atoms with Gasteiger partial charge in [0.2, 0.25) is 5.49 Å². The van der Waals surface area contributed by atoms with Crippen molar-refractivity contribution in [1.82, 2.24) is 4.57 Å². The van der Waals surface area contributed by atoms with E-state index in [-0.39, 0.29) is 0 Å². The second kappa shape index (κ2) is 14.2. The summed E-state index contributed by atoms with van der Waals surface area (Å²) in [6.45, 7) is 10.4. The van der Waals surface area contributed by atoms with E-state index in [9.17, 15) is 0 Å². The number of hydrogen-bond acceptors (Lipinski definition) is 1. The second-order valence-electron chi connectivity index (χ2n) is 12.4. The number of aryl methyl sites for hydroxylation is 2. The van der Waals surface area contributed by atoms with Crippen LogP contribution in [0.1, 0.15) is 77.0 Å². The Hall–Kier alpha value is -1.98. The number of nitrogens with zero attached hydrogens (tertiary/aromatic N) is 5. The van der Waals surface area contributed by atoms with E-state index in [0.29, 0.717) is 0 Å². The molecule has 5 nitrogen and oxygen atoms in total. The predicted octanol–water partition coefficient (Wildman–Crippen LogP) is 5.61. The molecule has 2 aliphatic rings. The molecule has 204 valence electrons. The fourth-order valence-corrected chi connectivity index (χ4v) is 6.54. The lowest BCUT2D eigenvalue weighted by Crippen LogP contribution is -2.41. The molecular formula is C32H54N5+3. The molecule has 2 aliphatic heterocycles. The zero-order valence-corrected chi connectivity index (χ0v) is 24.0. The van der Waals surface area contributed by atoms with Crippen LogP contribution in [0.4, 0.5) is 5.82 Å². The Balaban J connectivity index is 1.23. The summed E-state index contributed by atoms with van der Waals surface area (Å²) in [5.74, 6) is 1.07. The molecule has 37 heavy (non-hydrogen) atoms. The summed E-state index contributed by atoms with van der Waals surface area (Å²) in [7, 11) is 4.90. The first kappa shape index (κ1) is 28.0. The van der Waals surface area contributed by atoms with Crippen LogP contribution in [0.25, 0.3) is 0 Å². The SMILES string of the molecule is C[N+]1(CCCCCCn2cccc/c2=N\c2cccc[n+]2CCCCCC[N+]2(C)CCCC2)CCCC1. The number of rotatable bonds is 15. The standard InChI is InChI=1S/C32H54N5/c1-36(27-15-16-28-36)25-13-5-3-9-21-34-23-11-7-19-31(34)33-32-20-8-12-24-35(32)22-10-4-6-14-26-37(2)29-17-18-30-37/h7-8,11-12,19-20,23-24H,3-6,9-10,13-18,21-22,25-30H2,1-2H3/q+3. The van der Waals surface area contributed by atoms with Crippen LogP contribution in [-0.4, -0.2) is 66.9 Å². The topological polar surface area (TPSA) is 21.2 Å². The maximum absolute atomic E-state index is 5.11. The van der Waals surface area contributed by atoms with Gasteiger partial charge in [-0.1, -0.05) is 18.6 Å². The highest BCUT2D eigenvalue weighted by atomic mass is 15.3. The van der Waals surface area contributed by atoms with Crippen molar-refractivity contribution in [2.75, 3.05) is 53.4 Å². The molecule has 0 aliphatic carbocycles. The van der Waals surface area contributed by atoms with Gasteiger partial charge in [-0.15, -0.1) is 0 Å². The molecule has 0 bridgehead atoms. The summed E-state index contributed by atoms with van der Waals surface area (Å²) in [6.07, 6.45) is 20.6. The van der Waals surface area contributed by atoms with Gasteiger partial charge in [-0.25, -0.2) is 4.57 Å². The Kier molecular flexibility index (Phi) is 10.8. The van der Waals surface area contributed by atoms with E-state index in [1.54, 1.807) is 0 Å². The largest absolute Gasteiger partial charge is 0.326 e. The molecule has 0 atom stereocenters. The van der Waals surface area contributed by atoms with E-state index in [1.165, 1.54) is 125 Å². The highest BCUT2D eigenvalue weighted by molar-refractivity contribution is 5.19. The maximum atomic E-state index is 5.11. The minimum atomic E-state index is 1.05. The van der Waals surface area contributed by atoms with Crippen LogP contribution in [0.15, 0.2) is 53.8 Å². The van der Waals surface area contributed by atoms with Gasteiger partial charge in [-0.3, -0.25) is 0 Å². The van der Waals surface area contributed by atoms with Crippen molar-refractivity contribution in [1.29, 1.82) is 0 Å². The molecule has 2 aromatic rings. The average molecular weight is 509 g/mol. The maximum Gasteiger partial charge on any atom is 0.325 e. The van der Waals surface area contributed by atoms with E-state index in [4.69, 9.17) is 4.99 Å². The summed E-state index contributed by atoms with van der Waals surface area (Å²) < 4.78 is 7.31. The zero-order chi connectivity index (χ0) is 25.8. The summed E-state index contributed by atoms with van der Waals surface area (Å²) in [6, 6.07) is 12.8. The van der Waals surface area contributed by atoms with Gasteiger partial charge < -0.3 is 13.5 Å². The van der Waals surface area contributed by atoms with Gasteiger partial charge >= 0.3 is 5.82 Å². The molecule has 4 heterocycles. The van der Waals surface area contributed by atoms with Crippen LogP contribution < -0.4 is 10.1 Å². The van der Waals surface area contributed by atoms with Crippen molar-refractivity contribution in [2.24, 2.45) is 4.99 Å². The number of unbranched alkanes of at least 4 members (excludes halogenated alkanes) is 6. The smallest absolute Gasteiger partial charge is 0.325 e. The second-order valence-corrected chi connectivity index (χ2v) is 12.4. The summed E-state index contributed by atoms with van der Waals surface area (Å²) >= 11 is 0. The van der Waals surface area contributed by atoms with Crippen molar-refractivity contribution in [3.63, 3.8) is 0 Å². The van der Waals surface area contributed by atoms with Crippen LogP contribution >= 0.6 is 0 Å². The molecular weight excluding hydrogens is 454 g/mol. The third-order valence-electron chi connectivity index (χ3n) is 9.05. The van der Waals surface area contributed by atoms with E-state index in [1.807, 2.05) is 0 Å². The van der Waals surface area contributed by atoms with Crippen molar-refractivity contribution >= 4 is 5.82 Å². The van der Waals surface area contributed by atoms with Crippen LogP contribution in [0, 0.1) is 0 Å². The van der Waals surface area contributed by atoms with E-state index >= 15 is 0 Å². The number of likely N-dealkylation sites (tertiary alicyclic amines) is 2. The van der Waals surface area contributed by atoms with Gasteiger partial charge in [0.25, 0.3) is 0 Å². The molecule has 2 aromatic heterocycles. The molecule has 0 spiro atoms. The molecule has 0 saturated carbocycles. The third kappa shape index (κ3) is 9.07. The van der Waals surface area contributed by atoms with Gasteiger partial charge in [-0.2, -0.15) is 0 Å². The quantitative estimate of drug-likeness (QED) is 0.169. The van der Waals surface area contributed by atoms with Gasteiger partial charge in [0.05, 0.1) is 66.1 Å². The molecule has 0 aromatic carbocycles. The Labute approximate surface area is 226 Å². The van der Waals surface area contributed by atoms with Crippen LogP contribution in [0.2, 0.25) is 0 Å². The van der Waals surface area contributed by atoms with Crippen LogP contribution in [0.3, 0.4) is 0 Å². The Morgan fingerprint density at radius 2 is 1.30 bits per heavy atom. The van der Waals surface area contributed by atoms with E-state index < -0.39 is 0 Å². The average Bonchev–Trinajstić information content (AvgIpc) is 3.54. The zero-order valence-electron chi connectivity index (χ0n) is 24.0. The minimum absolute atomic E-state index is 1.05. The molecule has 2 saturated heterocycles. The summed E-state index contributed by atoms with van der Waals surface area (Å²) in [4.78, 5) is 5.11. The predicted molar refractivity (Wildman–Crippen MR) is 153 cm³/mol. The van der Waals surface area contributed by atoms with Gasteiger partial charge in [0.1, 0.15) is 0 Å². The van der Waals surface area contributed by atoms with Crippen LogP contribution in [-0.2, 0) is 13.1 Å². The molecule has 0 unspecified atom stereocenters. The number of quaternary nitrogens is 2. The summed E-state index contributed by atoms with van der Waals surface area (Å²) in [5.41, 5.74) is 1.07. The van der Waals surface area contributed by atoms with Gasteiger partial charge in [-0.05, 0) is 62.1 Å². The molecule has 0 radical (unpaired) electrons. The lowest BCUT2D eigenvalue weighted by molar-refractivity contribution is -0.897. The fourth-order valence-electron chi connectivity index (χ4n) is 6.54. The molecule has 0 amide bonds. The first-order valence-electron chi connectivity index (χ1n) is 15.4. The van der Waals surface area contributed by atoms with Crippen molar-refractivity contribution in [3.05, 3.63) is 54.3 Å². The van der Waals surface area contributed by atoms with E-state index in [2.05, 4.69) is 72.0 Å². The van der Waals surface area contributed by atoms with Gasteiger partial charge in [0.15, 0.2) is 0 Å². The fraction of sp³-hybridized carbons (Fsp3) is 0.688. The highest BCUT2D eigenvalue weighted by Gasteiger charge is 2.26. The summed E-state index contributed by atoms with van der Waals surface area (Å²) in [5, 5.41) is 0. The first-order valence-corrected chi connectivity index (χ1v) is 15.4. The first-order chi connectivity index (χ1) is 18.1. The van der Waals surface area contributed by atoms with Crippen LogP contribution in [0.5, 0.6) is 0 Å².